The van der Waals surface area contributed by atoms with Crippen molar-refractivity contribution < 1.29 is 19.4 Å². The quantitative estimate of drug-likeness (QED) is 0.621. The first kappa shape index (κ1) is 13.8. The van der Waals surface area contributed by atoms with Crippen molar-refractivity contribution in [1.82, 2.24) is 0 Å². The van der Waals surface area contributed by atoms with Crippen LogP contribution < -0.4 is 9.47 Å². The fourth-order valence-corrected chi connectivity index (χ4v) is 1.30. The summed E-state index contributed by atoms with van der Waals surface area (Å²) >= 11 is 0. The Morgan fingerprint density at radius 3 is 2.83 bits per heavy atom. The lowest BCUT2D eigenvalue weighted by Crippen LogP contribution is -1.96. The van der Waals surface area contributed by atoms with Crippen LogP contribution in [0.5, 0.6) is 11.5 Å². The molecule has 1 rings (SSSR count). The van der Waals surface area contributed by atoms with Crippen molar-refractivity contribution in [1.29, 1.82) is 0 Å². The predicted molar refractivity (Wildman–Crippen MR) is 70.0 cm³/mol. The van der Waals surface area contributed by atoms with Gasteiger partial charge in [0.15, 0.2) is 0 Å². The second-order valence-corrected chi connectivity index (χ2v) is 3.46. The molecule has 1 aromatic carbocycles. The van der Waals surface area contributed by atoms with Crippen LogP contribution in [0.15, 0.2) is 36.4 Å². The van der Waals surface area contributed by atoms with Gasteiger partial charge in [0, 0.05) is 17.7 Å². The fraction of sp³-hybridized carbons (Fsp3) is 0.214. The molecule has 0 saturated heterocycles. The Hall–Kier alpha value is -2.23. The summed E-state index contributed by atoms with van der Waals surface area (Å²) in [5.74, 6) is 0.258. The van der Waals surface area contributed by atoms with Gasteiger partial charge in [-0.15, -0.1) is 0 Å². The number of ether oxygens (including phenoxy) is 2. The summed E-state index contributed by atoms with van der Waals surface area (Å²) in [4.78, 5) is 10.5. The number of carboxylic acid groups (broad SMARTS) is 1. The smallest absolute Gasteiger partial charge is 0.328 e. The van der Waals surface area contributed by atoms with E-state index in [1.165, 1.54) is 6.08 Å². The zero-order valence-electron chi connectivity index (χ0n) is 10.4. The standard InChI is InChI=1S/C14H16O4/c1-3-4-9-18-13-10-12(17-2)7-5-11(13)6-8-14(15)16/h3-8,10H,9H2,1-2H3,(H,15,16)/b4-3+,8-6+. The number of rotatable bonds is 6. The Bertz CT molecular complexity index is 461. The van der Waals surface area contributed by atoms with E-state index >= 15 is 0 Å². The summed E-state index contributed by atoms with van der Waals surface area (Å²) in [6.45, 7) is 2.33. The molecule has 4 heteroatoms. The van der Waals surface area contributed by atoms with E-state index in [-0.39, 0.29) is 0 Å². The predicted octanol–water partition coefficient (Wildman–Crippen LogP) is 2.75. The summed E-state index contributed by atoms with van der Waals surface area (Å²) < 4.78 is 10.6. The van der Waals surface area contributed by atoms with Gasteiger partial charge in [-0.2, -0.15) is 0 Å². The number of aliphatic carboxylic acids is 1. The topological polar surface area (TPSA) is 55.8 Å². The van der Waals surface area contributed by atoms with Gasteiger partial charge in [0.2, 0.25) is 0 Å². The van der Waals surface area contributed by atoms with Crippen molar-refractivity contribution in [3.63, 3.8) is 0 Å². The Kier molecular flexibility index (Phi) is 5.51. The maximum atomic E-state index is 10.5. The van der Waals surface area contributed by atoms with E-state index in [4.69, 9.17) is 14.6 Å². The van der Waals surface area contributed by atoms with Gasteiger partial charge in [-0.05, 0) is 25.1 Å². The molecule has 0 aliphatic carbocycles. The van der Waals surface area contributed by atoms with E-state index in [0.717, 1.165) is 6.08 Å². The molecule has 0 heterocycles. The van der Waals surface area contributed by atoms with Gasteiger partial charge in [0.25, 0.3) is 0 Å². The molecule has 0 bridgehead atoms. The minimum atomic E-state index is -0.995. The zero-order chi connectivity index (χ0) is 13.4. The van der Waals surface area contributed by atoms with Crippen LogP contribution in [-0.4, -0.2) is 24.8 Å². The van der Waals surface area contributed by atoms with Crippen molar-refractivity contribution in [3.8, 4) is 11.5 Å². The van der Waals surface area contributed by atoms with Crippen molar-refractivity contribution in [2.45, 2.75) is 6.92 Å². The molecule has 0 radical (unpaired) electrons. The van der Waals surface area contributed by atoms with Crippen LogP contribution in [0.2, 0.25) is 0 Å². The monoisotopic (exact) mass is 248 g/mol. The molecule has 96 valence electrons. The van der Waals surface area contributed by atoms with E-state index in [1.54, 1.807) is 25.3 Å². The highest BCUT2D eigenvalue weighted by Crippen LogP contribution is 2.26. The Morgan fingerprint density at radius 2 is 2.22 bits per heavy atom. The van der Waals surface area contributed by atoms with Gasteiger partial charge in [0.1, 0.15) is 18.1 Å². The second-order valence-electron chi connectivity index (χ2n) is 3.46. The molecule has 0 fully saturated rings. The minimum absolute atomic E-state index is 0.428. The normalized spacial score (nSPS) is 11.0. The third-order valence-electron chi connectivity index (χ3n) is 2.20. The maximum Gasteiger partial charge on any atom is 0.328 e. The molecule has 0 atom stereocenters. The summed E-state index contributed by atoms with van der Waals surface area (Å²) in [7, 11) is 1.57. The lowest BCUT2D eigenvalue weighted by Gasteiger charge is -2.09. The average molecular weight is 248 g/mol. The van der Waals surface area contributed by atoms with Gasteiger partial charge >= 0.3 is 5.97 Å². The maximum absolute atomic E-state index is 10.5. The average Bonchev–Trinajstić information content (AvgIpc) is 2.37. The number of benzene rings is 1. The van der Waals surface area contributed by atoms with Crippen LogP contribution in [0.3, 0.4) is 0 Å². The molecule has 0 unspecified atom stereocenters. The number of hydrogen-bond donors (Lipinski definition) is 1. The number of allylic oxidation sites excluding steroid dienone is 1. The van der Waals surface area contributed by atoms with Crippen molar-refractivity contribution in [2.24, 2.45) is 0 Å². The van der Waals surface area contributed by atoms with Gasteiger partial charge in [-0.25, -0.2) is 4.79 Å². The highest BCUT2D eigenvalue weighted by molar-refractivity contribution is 5.86. The van der Waals surface area contributed by atoms with Crippen LogP contribution in [-0.2, 0) is 4.79 Å². The lowest BCUT2D eigenvalue weighted by molar-refractivity contribution is -0.131. The highest BCUT2D eigenvalue weighted by atomic mass is 16.5. The fourth-order valence-electron chi connectivity index (χ4n) is 1.30. The number of carboxylic acids is 1. The van der Waals surface area contributed by atoms with E-state index < -0.39 is 5.97 Å². The molecule has 4 nitrogen and oxygen atoms in total. The first-order valence-electron chi connectivity index (χ1n) is 5.50. The van der Waals surface area contributed by atoms with Crippen LogP contribution in [0.25, 0.3) is 6.08 Å². The summed E-state index contributed by atoms with van der Waals surface area (Å²) in [6.07, 6.45) is 6.31. The van der Waals surface area contributed by atoms with Crippen LogP contribution in [0.4, 0.5) is 0 Å². The molecule has 0 aromatic heterocycles. The Morgan fingerprint density at radius 1 is 1.44 bits per heavy atom. The van der Waals surface area contributed by atoms with Gasteiger partial charge in [-0.1, -0.05) is 12.2 Å². The third kappa shape index (κ3) is 4.33. The molecule has 18 heavy (non-hydrogen) atoms. The minimum Gasteiger partial charge on any atom is -0.497 e. The van der Waals surface area contributed by atoms with Crippen LogP contribution >= 0.6 is 0 Å². The molecule has 1 N–H and O–H groups in total. The van der Waals surface area contributed by atoms with Crippen molar-refractivity contribution in [2.75, 3.05) is 13.7 Å². The summed E-state index contributed by atoms with van der Waals surface area (Å²) in [6, 6.07) is 5.23. The van der Waals surface area contributed by atoms with Crippen molar-refractivity contribution in [3.05, 3.63) is 42.0 Å². The SMILES string of the molecule is C/C=C/COc1cc(OC)ccc1/C=C/C(=O)O. The van der Waals surface area contributed by atoms with Crippen molar-refractivity contribution >= 4 is 12.0 Å². The molecular weight excluding hydrogens is 232 g/mol. The van der Waals surface area contributed by atoms with E-state index in [2.05, 4.69) is 0 Å². The second kappa shape index (κ2) is 7.17. The molecule has 0 saturated carbocycles. The molecule has 0 aliphatic heterocycles. The molecular formula is C14H16O4. The molecule has 0 spiro atoms. The van der Waals surface area contributed by atoms with E-state index in [1.807, 2.05) is 19.1 Å². The summed E-state index contributed by atoms with van der Waals surface area (Å²) in [5, 5.41) is 8.62. The summed E-state index contributed by atoms with van der Waals surface area (Å²) in [5.41, 5.74) is 0.697. The van der Waals surface area contributed by atoms with Gasteiger partial charge in [0.05, 0.1) is 7.11 Å². The van der Waals surface area contributed by atoms with E-state index in [9.17, 15) is 4.79 Å². The Balaban J connectivity index is 2.96. The zero-order valence-corrected chi connectivity index (χ0v) is 10.4. The number of hydrogen-bond acceptors (Lipinski definition) is 3. The van der Waals surface area contributed by atoms with Crippen LogP contribution in [0.1, 0.15) is 12.5 Å². The van der Waals surface area contributed by atoms with Gasteiger partial charge < -0.3 is 14.6 Å². The molecule has 0 amide bonds. The first-order valence-corrected chi connectivity index (χ1v) is 5.50. The largest absolute Gasteiger partial charge is 0.497 e. The Labute approximate surface area is 106 Å². The third-order valence-corrected chi connectivity index (χ3v) is 2.20. The molecule has 0 aliphatic rings. The number of methoxy groups -OCH3 is 1. The number of carbonyl (C=O) groups is 1. The molecule has 1 aromatic rings. The van der Waals surface area contributed by atoms with E-state index in [0.29, 0.717) is 23.7 Å². The highest BCUT2D eigenvalue weighted by Gasteiger charge is 2.03. The lowest BCUT2D eigenvalue weighted by atomic mass is 10.1. The van der Waals surface area contributed by atoms with Gasteiger partial charge in [-0.3, -0.25) is 0 Å². The first-order chi connectivity index (χ1) is 8.67. The van der Waals surface area contributed by atoms with Crippen LogP contribution in [0, 0.1) is 0 Å².